The zero-order valence-electron chi connectivity index (χ0n) is 26.8. The van der Waals surface area contributed by atoms with Crippen LogP contribution in [0.2, 0.25) is 0 Å². The quantitative estimate of drug-likeness (QED) is 0.0638. The molecule has 0 unspecified atom stereocenters. The molecule has 4 rings (SSSR count). The van der Waals surface area contributed by atoms with Crippen molar-refractivity contribution in [3.8, 4) is 18.1 Å². The number of nitrogens with zero attached hydrogens (tertiary/aromatic N) is 1. The van der Waals surface area contributed by atoms with E-state index in [4.69, 9.17) is 17.9 Å². The number of aromatic hydroxyl groups is 1. The summed E-state index contributed by atoms with van der Waals surface area (Å²) in [5.41, 5.74) is 12.2. The molecule has 1 fully saturated rings. The van der Waals surface area contributed by atoms with E-state index in [1.807, 2.05) is 42.5 Å². The number of terminal acetylenes is 1. The van der Waals surface area contributed by atoms with E-state index in [1.165, 1.54) is 12.1 Å². The van der Waals surface area contributed by atoms with Crippen molar-refractivity contribution in [2.75, 3.05) is 13.1 Å². The Kier molecular flexibility index (Phi) is 12.5. The van der Waals surface area contributed by atoms with Gasteiger partial charge in [0.25, 0.3) is 0 Å². The number of hydrogen-bond acceptors (Lipinski definition) is 7. The normalized spacial score (nSPS) is 20.7. The summed E-state index contributed by atoms with van der Waals surface area (Å²) in [6, 6.07) is 14.6. The third kappa shape index (κ3) is 10.7. The van der Waals surface area contributed by atoms with Crippen molar-refractivity contribution in [3.05, 3.63) is 77.9 Å². The van der Waals surface area contributed by atoms with Gasteiger partial charge >= 0.3 is 0 Å². The van der Waals surface area contributed by atoms with Crippen LogP contribution in [0, 0.1) is 12.3 Å². The molecule has 0 bridgehead atoms. The first-order chi connectivity index (χ1) is 23.5. The highest BCUT2D eigenvalue weighted by atomic mass is 16.3. The predicted octanol–water partition coefficient (Wildman–Crippen LogP) is -0.523. The molecule has 14 nitrogen and oxygen atoms in total. The second-order valence-electron chi connectivity index (χ2n) is 11.6. The van der Waals surface area contributed by atoms with E-state index in [9.17, 15) is 29.1 Å². The molecule has 10 N–H and O–H groups in total. The van der Waals surface area contributed by atoms with Gasteiger partial charge in [-0.1, -0.05) is 54.6 Å². The fraction of sp³-hybridized carbons (Fsp3) is 0.314. The molecule has 0 aliphatic carbocycles. The Morgan fingerprint density at radius 2 is 1.35 bits per heavy atom. The van der Waals surface area contributed by atoms with Crippen molar-refractivity contribution >= 4 is 46.3 Å². The van der Waals surface area contributed by atoms with Crippen molar-refractivity contribution in [1.29, 1.82) is 0 Å². The number of nitrogens with one attached hydrogen (secondary N) is 5. The minimum atomic E-state index is -1.26. The van der Waals surface area contributed by atoms with Gasteiger partial charge in [-0.15, -0.1) is 12.3 Å². The Bertz CT molecular complexity index is 1750. The Morgan fingerprint density at radius 3 is 2.06 bits per heavy atom. The van der Waals surface area contributed by atoms with Gasteiger partial charge in [-0.3, -0.25) is 29.0 Å². The molecule has 0 aromatic heterocycles. The van der Waals surface area contributed by atoms with Gasteiger partial charge in [0, 0.05) is 25.8 Å². The van der Waals surface area contributed by atoms with Gasteiger partial charge in [0.1, 0.15) is 29.9 Å². The summed E-state index contributed by atoms with van der Waals surface area (Å²) in [4.78, 5) is 71.4. The SMILES string of the molecule is C#CC[C@@H]1NC(=O)[C@@H](Cc2ccc(O)cc2)NC(=O)CNC(=O)[C@H](Cc2ccc3ccccc3c2)NC(=O)[C@H](CCCN=C(N)N)NC1=O. The fourth-order valence-corrected chi connectivity index (χ4v) is 5.34. The summed E-state index contributed by atoms with van der Waals surface area (Å²) < 4.78 is 0. The first-order valence-corrected chi connectivity index (χ1v) is 15.7. The van der Waals surface area contributed by atoms with Crippen LogP contribution < -0.4 is 38.1 Å². The number of phenolic OH excluding ortho intramolecular Hbond substituents is 1. The van der Waals surface area contributed by atoms with Gasteiger partial charge in [0.15, 0.2) is 5.96 Å². The van der Waals surface area contributed by atoms with E-state index < -0.39 is 60.2 Å². The Morgan fingerprint density at radius 1 is 0.755 bits per heavy atom. The molecule has 3 aromatic rings. The molecule has 1 aliphatic rings. The number of nitrogens with two attached hydrogens (primary N) is 2. The van der Waals surface area contributed by atoms with Crippen molar-refractivity contribution in [2.45, 2.75) is 56.3 Å². The van der Waals surface area contributed by atoms with Gasteiger partial charge in [-0.05, 0) is 46.9 Å². The molecule has 49 heavy (non-hydrogen) atoms. The maximum absolute atomic E-state index is 13.7. The molecule has 5 amide bonds. The molecular formula is C35H40N8O6. The minimum absolute atomic E-state index is 0.00572. The second kappa shape index (κ2) is 17.2. The van der Waals surface area contributed by atoms with E-state index in [0.717, 1.165) is 16.3 Å². The van der Waals surface area contributed by atoms with Gasteiger partial charge in [-0.2, -0.15) is 0 Å². The summed E-state index contributed by atoms with van der Waals surface area (Å²) >= 11 is 0. The molecule has 1 saturated heterocycles. The lowest BCUT2D eigenvalue weighted by molar-refractivity contribution is -0.134. The third-order valence-electron chi connectivity index (χ3n) is 7.87. The van der Waals surface area contributed by atoms with Crippen LogP contribution in [0.5, 0.6) is 5.75 Å². The smallest absolute Gasteiger partial charge is 0.244 e. The summed E-state index contributed by atoms with van der Waals surface area (Å²) in [6.45, 7) is -0.338. The van der Waals surface area contributed by atoms with Crippen LogP contribution in [-0.2, 0) is 36.8 Å². The molecular weight excluding hydrogens is 628 g/mol. The minimum Gasteiger partial charge on any atom is -0.508 e. The lowest BCUT2D eigenvalue weighted by Crippen LogP contribution is -2.57. The summed E-state index contributed by atoms with van der Waals surface area (Å²) in [5, 5.41) is 24.8. The number of guanidine groups is 1. The Hall–Kier alpha value is -6.10. The van der Waals surface area contributed by atoms with Crippen LogP contribution in [0.25, 0.3) is 10.8 Å². The van der Waals surface area contributed by atoms with Gasteiger partial charge in [-0.25, -0.2) is 0 Å². The number of amides is 5. The maximum atomic E-state index is 13.7. The maximum Gasteiger partial charge on any atom is 0.244 e. The van der Waals surface area contributed by atoms with Gasteiger partial charge in [0.2, 0.25) is 29.5 Å². The van der Waals surface area contributed by atoms with E-state index in [2.05, 4.69) is 37.5 Å². The first-order valence-electron chi connectivity index (χ1n) is 15.7. The largest absolute Gasteiger partial charge is 0.508 e. The number of carbonyl (C=O) groups excluding carboxylic acids is 5. The predicted molar refractivity (Wildman–Crippen MR) is 184 cm³/mol. The molecule has 256 valence electrons. The molecule has 0 spiro atoms. The van der Waals surface area contributed by atoms with Crippen LogP contribution >= 0.6 is 0 Å². The lowest BCUT2D eigenvalue weighted by Gasteiger charge is -2.25. The number of carbonyl (C=O) groups is 5. The molecule has 14 heteroatoms. The summed E-state index contributed by atoms with van der Waals surface area (Å²) in [7, 11) is 0. The van der Waals surface area contributed by atoms with Crippen LogP contribution in [-0.4, -0.2) is 77.9 Å². The summed E-state index contributed by atoms with van der Waals surface area (Å²) in [5.74, 6) is -1.23. The van der Waals surface area contributed by atoms with Crippen LogP contribution in [0.1, 0.15) is 30.4 Å². The fourth-order valence-electron chi connectivity index (χ4n) is 5.34. The number of hydrogen-bond donors (Lipinski definition) is 8. The van der Waals surface area contributed by atoms with Crippen LogP contribution in [0.15, 0.2) is 71.7 Å². The topological polar surface area (TPSA) is 230 Å². The van der Waals surface area contributed by atoms with Crippen molar-refractivity contribution in [2.24, 2.45) is 16.5 Å². The third-order valence-corrected chi connectivity index (χ3v) is 7.87. The van der Waals surface area contributed by atoms with E-state index in [-0.39, 0.29) is 50.4 Å². The van der Waals surface area contributed by atoms with Crippen LogP contribution in [0.3, 0.4) is 0 Å². The lowest BCUT2D eigenvalue weighted by atomic mass is 10.0. The van der Waals surface area contributed by atoms with Gasteiger partial charge < -0.3 is 43.2 Å². The molecule has 0 saturated carbocycles. The van der Waals surface area contributed by atoms with E-state index in [0.29, 0.717) is 5.56 Å². The van der Waals surface area contributed by atoms with E-state index in [1.54, 1.807) is 12.1 Å². The number of rotatable bonds is 9. The average Bonchev–Trinajstić information content (AvgIpc) is 3.08. The number of fused-ring (bicyclic) bond motifs is 1. The highest BCUT2D eigenvalue weighted by molar-refractivity contribution is 5.97. The van der Waals surface area contributed by atoms with Crippen molar-refractivity contribution < 1.29 is 29.1 Å². The number of aliphatic imine (C=N–C) groups is 1. The molecule has 0 radical (unpaired) electrons. The van der Waals surface area contributed by atoms with Crippen molar-refractivity contribution in [3.63, 3.8) is 0 Å². The Balaban J connectivity index is 1.66. The first kappa shape index (κ1) is 35.7. The molecule has 1 heterocycles. The summed E-state index contributed by atoms with van der Waals surface area (Å²) in [6.07, 6.45) is 5.75. The van der Waals surface area contributed by atoms with Crippen molar-refractivity contribution in [1.82, 2.24) is 26.6 Å². The number of phenols is 1. The van der Waals surface area contributed by atoms with Crippen LogP contribution in [0.4, 0.5) is 0 Å². The Labute approximate surface area is 283 Å². The average molecular weight is 669 g/mol. The highest BCUT2D eigenvalue weighted by Gasteiger charge is 2.32. The molecule has 4 atom stereocenters. The van der Waals surface area contributed by atoms with E-state index >= 15 is 0 Å². The zero-order chi connectivity index (χ0) is 35.3. The second-order valence-corrected chi connectivity index (χ2v) is 11.6. The number of benzene rings is 3. The standard InChI is InChI=1S/C35H40N8O6/c1-2-6-26-32(47)42-27(9-5-16-38-35(36)37)33(48)43-28(19-22-10-13-23-7-3-4-8-24(23)17-22)31(46)39-20-30(45)40-29(34(49)41-26)18-21-11-14-25(44)15-12-21/h1,3-4,7-8,10-15,17,26-29,44H,5-6,9,16,18-20H2,(H,39,46)(H,40,45)(H,41,49)(H,42,47)(H,43,48)(H4,36,37,38)/t26-,27-,28-,29+/m0/s1. The monoisotopic (exact) mass is 668 g/mol. The zero-order valence-corrected chi connectivity index (χ0v) is 26.8. The van der Waals surface area contributed by atoms with Gasteiger partial charge in [0.05, 0.1) is 6.54 Å². The molecule has 3 aromatic carbocycles. The highest BCUT2D eigenvalue weighted by Crippen LogP contribution is 2.17. The molecule has 1 aliphatic heterocycles.